The Morgan fingerprint density at radius 1 is 1.28 bits per heavy atom. The molecule has 0 radical (unpaired) electrons. The number of anilines is 1. The summed E-state index contributed by atoms with van der Waals surface area (Å²) in [5.41, 5.74) is 0.585. The molecule has 1 rings (SSSR count). The summed E-state index contributed by atoms with van der Waals surface area (Å²) in [5.74, 6) is 1.25. The van der Waals surface area contributed by atoms with E-state index < -0.39 is 0 Å². The van der Waals surface area contributed by atoms with Gasteiger partial charge in [-0.05, 0) is 18.1 Å². The summed E-state index contributed by atoms with van der Waals surface area (Å²) in [6, 6.07) is 5.24. The highest BCUT2D eigenvalue weighted by Gasteiger charge is 2.19. The lowest BCUT2D eigenvalue weighted by Gasteiger charge is -2.16. The van der Waals surface area contributed by atoms with Gasteiger partial charge in [0.25, 0.3) is 0 Å². The summed E-state index contributed by atoms with van der Waals surface area (Å²) in [5, 5.41) is 2.44. The van der Waals surface area contributed by atoms with Gasteiger partial charge in [0.1, 0.15) is 11.5 Å². The molecular formula is C13H19NO3S. The fourth-order valence-electron chi connectivity index (χ4n) is 1.42. The van der Waals surface area contributed by atoms with E-state index in [0.29, 0.717) is 17.2 Å². The van der Waals surface area contributed by atoms with E-state index in [0.717, 1.165) is 0 Å². The largest absolute Gasteiger partial charge is 0.497 e. The van der Waals surface area contributed by atoms with Gasteiger partial charge in [-0.2, -0.15) is 12.6 Å². The van der Waals surface area contributed by atoms with E-state index in [-0.39, 0.29) is 17.1 Å². The Balaban J connectivity index is 2.91. The van der Waals surface area contributed by atoms with Crippen molar-refractivity contribution in [2.45, 2.75) is 19.1 Å². The van der Waals surface area contributed by atoms with Gasteiger partial charge in [-0.3, -0.25) is 4.79 Å². The van der Waals surface area contributed by atoms with Crippen molar-refractivity contribution in [2.24, 2.45) is 5.92 Å². The van der Waals surface area contributed by atoms with Gasteiger partial charge < -0.3 is 14.8 Å². The van der Waals surface area contributed by atoms with Crippen LogP contribution in [0.4, 0.5) is 5.69 Å². The summed E-state index contributed by atoms with van der Waals surface area (Å²) < 4.78 is 10.3. The first kappa shape index (κ1) is 14.7. The second-order valence-electron chi connectivity index (χ2n) is 4.24. The van der Waals surface area contributed by atoms with Crippen LogP contribution in [0.25, 0.3) is 0 Å². The third-order valence-corrected chi connectivity index (χ3v) is 3.40. The first-order chi connectivity index (χ1) is 8.49. The van der Waals surface area contributed by atoms with Crippen molar-refractivity contribution in [1.29, 1.82) is 0 Å². The van der Waals surface area contributed by atoms with Crippen LogP contribution >= 0.6 is 12.6 Å². The fourth-order valence-corrected chi connectivity index (χ4v) is 1.49. The molecule has 1 unspecified atom stereocenters. The van der Waals surface area contributed by atoms with Crippen molar-refractivity contribution in [3.63, 3.8) is 0 Å². The van der Waals surface area contributed by atoms with Crippen molar-refractivity contribution in [1.82, 2.24) is 0 Å². The quantitative estimate of drug-likeness (QED) is 0.808. The molecule has 18 heavy (non-hydrogen) atoms. The third kappa shape index (κ3) is 3.57. The Morgan fingerprint density at radius 3 is 2.44 bits per heavy atom. The predicted octanol–water partition coefficient (Wildman–Crippen LogP) is 2.60. The molecule has 0 aromatic heterocycles. The van der Waals surface area contributed by atoms with Crippen LogP contribution in [0.15, 0.2) is 18.2 Å². The number of hydrogen-bond acceptors (Lipinski definition) is 4. The van der Waals surface area contributed by atoms with E-state index in [9.17, 15) is 4.79 Å². The van der Waals surface area contributed by atoms with Gasteiger partial charge in [-0.15, -0.1) is 0 Å². The molecule has 0 saturated heterocycles. The monoisotopic (exact) mass is 269 g/mol. The number of rotatable bonds is 5. The van der Waals surface area contributed by atoms with E-state index in [1.54, 1.807) is 32.4 Å². The number of methoxy groups -OCH3 is 2. The fraction of sp³-hybridized carbons (Fsp3) is 0.462. The first-order valence-electron chi connectivity index (χ1n) is 5.70. The molecule has 1 atom stereocenters. The van der Waals surface area contributed by atoms with Gasteiger partial charge in [0.05, 0.1) is 25.2 Å². The zero-order chi connectivity index (χ0) is 13.7. The molecule has 1 aromatic rings. The van der Waals surface area contributed by atoms with Crippen LogP contribution in [0.1, 0.15) is 13.8 Å². The lowest BCUT2D eigenvalue weighted by Crippen LogP contribution is -2.27. The molecule has 1 amide bonds. The maximum absolute atomic E-state index is 11.9. The highest BCUT2D eigenvalue weighted by atomic mass is 32.1. The Hall–Kier alpha value is -1.36. The second-order valence-corrected chi connectivity index (χ2v) is 4.80. The van der Waals surface area contributed by atoms with Gasteiger partial charge in [0.15, 0.2) is 0 Å². The van der Waals surface area contributed by atoms with Crippen LogP contribution in [0.2, 0.25) is 0 Å². The lowest BCUT2D eigenvalue weighted by molar-refractivity contribution is -0.116. The summed E-state index contributed by atoms with van der Waals surface area (Å²) in [4.78, 5) is 11.9. The molecule has 0 spiro atoms. The van der Waals surface area contributed by atoms with E-state index >= 15 is 0 Å². The van der Waals surface area contributed by atoms with Crippen LogP contribution in [0.5, 0.6) is 11.5 Å². The Kier molecular flexibility index (Phi) is 5.34. The van der Waals surface area contributed by atoms with Gasteiger partial charge in [0, 0.05) is 6.07 Å². The number of amides is 1. The van der Waals surface area contributed by atoms with Crippen molar-refractivity contribution in [3.8, 4) is 11.5 Å². The molecule has 0 fully saturated rings. The number of carbonyl (C=O) groups is 1. The molecule has 0 aliphatic heterocycles. The van der Waals surface area contributed by atoms with Gasteiger partial charge in [-0.1, -0.05) is 13.8 Å². The van der Waals surface area contributed by atoms with Crippen LogP contribution in [0, 0.1) is 5.92 Å². The molecule has 4 nitrogen and oxygen atoms in total. The second kappa shape index (κ2) is 6.54. The topological polar surface area (TPSA) is 47.6 Å². The highest BCUT2D eigenvalue weighted by Crippen LogP contribution is 2.29. The van der Waals surface area contributed by atoms with Crippen LogP contribution < -0.4 is 14.8 Å². The predicted molar refractivity (Wildman–Crippen MR) is 75.8 cm³/mol. The zero-order valence-corrected chi connectivity index (χ0v) is 12.0. The lowest BCUT2D eigenvalue weighted by atomic mass is 10.1. The smallest absolute Gasteiger partial charge is 0.237 e. The summed E-state index contributed by atoms with van der Waals surface area (Å²) in [6.45, 7) is 3.89. The number of carbonyl (C=O) groups excluding carboxylic acids is 1. The van der Waals surface area contributed by atoms with E-state index in [4.69, 9.17) is 9.47 Å². The molecule has 0 heterocycles. The number of ether oxygens (including phenoxy) is 2. The molecule has 0 aliphatic rings. The summed E-state index contributed by atoms with van der Waals surface area (Å²) in [6.07, 6.45) is 0. The average molecular weight is 269 g/mol. The number of nitrogens with one attached hydrogen (secondary N) is 1. The van der Waals surface area contributed by atoms with Crippen LogP contribution in [0.3, 0.4) is 0 Å². The van der Waals surface area contributed by atoms with E-state index in [1.807, 2.05) is 13.8 Å². The maximum Gasteiger partial charge on any atom is 0.237 e. The van der Waals surface area contributed by atoms with Crippen molar-refractivity contribution < 1.29 is 14.3 Å². The first-order valence-corrected chi connectivity index (χ1v) is 6.22. The Morgan fingerprint density at radius 2 is 1.94 bits per heavy atom. The van der Waals surface area contributed by atoms with Crippen molar-refractivity contribution in [3.05, 3.63) is 18.2 Å². The molecule has 1 aromatic carbocycles. The van der Waals surface area contributed by atoms with Crippen LogP contribution in [-0.4, -0.2) is 25.4 Å². The molecule has 1 N–H and O–H groups in total. The minimum atomic E-state index is -0.360. The molecule has 0 bridgehead atoms. The normalized spacial score (nSPS) is 12.1. The minimum Gasteiger partial charge on any atom is -0.497 e. The summed E-state index contributed by atoms with van der Waals surface area (Å²) in [7, 11) is 3.13. The average Bonchev–Trinajstić information content (AvgIpc) is 2.37. The third-order valence-electron chi connectivity index (χ3n) is 2.56. The molecule has 0 saturated carbocycles. The molecular weight excluding hydrogens is 250 g/mol. The zero-order valence-electron chi connectivity index (χ0n) is 11.1. The van der Waals surface area contributed by atoms with Crippen molar-refractivity contribution >= 4 is 24.2 Å². The maximum atomic E-state index is 11.9. The minimum absolute atomic E-state index is 0.153. The SMILES string of the molecule is COc1ccc(OC)c(NC(=O)C(S)C(C)C)c1. The highest BCUT2D eigenvalue weighted by molar-refractivity contribution is 7.81. The molecule has 5 heteroatoms. The Bertz CT molecular complexity index is 421. The van der Waals surface area contributed by atoms with Crippen LogP contribution in [-0.2, 0) is 4.79 Å². The molecule has 100 valence electrons. The van der Waals surface area contributed by atoms with E-state index in [1.165, 1.54) is 0 Å². The number of hydrogen-bond donors (Lipinski definition) is 2. The van der Waals surface area contributed by atoms with Gasteiger partial charge >= 0.3 is 0 Å². The summed E-state index contributed by atoms with van der Waals surface area (Å²) >= 11 is 4.28. The van der Waals surface area contributed by atoms with Crippen molar-refractivity contribution in [2.75, 3.05) is 19.5 Å². The standard InChI is InChI=1S/C13H19NO3S/c1-8(2)12(18)13(15)14-10-7-9(16-3)5-6-11(10)17-4/h5-8,12,18H,1-4H3,(H,14,15). The Labute approximate surface area is 113 Å². The van der Waals surface area contributed by atoms with Gasteiger partial charge in [0.2, 0.25) is 5.91 Å². The number of thiol groups is 1. The number of benzene rings is 1. The van der Waals surface area contributed by atoms with E-state index in [2.05, 4.69) is 17.9 Å². The molecule has 0 aliphatic carbocycles. The van der Waals surface area contributed by atoms with Gasteiger partial charge in [-0.25, -0.2) is 0 Å².